The molecule has 0 aromatic heterocycles. The molecule has 0 aliphatic heterocycles. The number of nitrogens with one attached hydrogen (secondary N) is 2. The first-order valence-corrected chi connectivity index (χ1v) is 6.79. The first-order valence-electron chi connectivity index (χ1n) is 6.79. The summed E-state index contributed by atoms with van der Waals surface area (Å²) in [5.41, 5.74) is 7.01. The highest BCUT2D eigenvalue weighted by atomic mass is 16.5. The SMILES string of the molecule is C=C(NNC(=O)c1ccccc1)c1ccc(OCC(=O)[O-])cc1. The Morgan fingerprint density at radius 1 is 0.957 bits per heavy atom. The highest BCUT2D eigenvalue weighted by Crippen LogP contribution is 2.15. The van der Waals surface area contributed by atoms with Crippen LogP contribution in [0.15, 0.2) is 61.2 Å². The van der Waals surface area contributed by atoms with Gasteiger partial charge in [0.2, 0.25) is 0 Å². The summed E-state index contributed by atoms with van der Waals surface area (Å²) in [6.07, 6.45) is 0. The normalized spacial score (nSPS) is 9.74. The van der Waals surface area contributed by atoms with E-state index >= 15 is 0 Å². The van der Waals surface area contributed by atoms with E-state index < -0.39 is 12.6 Å². The van der Waals surface area contributed by atoms with Gasteiger partial charge in [0, 0.05) is 5.56 Å². The molecule has 0 saturated carbocycles. The average molecular weight is 311 g/mol. The molecule has 2 rings (SSSR count). The van der Waals surface area contributed by atoms with Crippen molar-refractivity contribution in [3.8, 4) is 5.75 Å². The Labute approximate surface area is 133 Å². The van der Waals surface area contributed by atoms with Gasteiger partial charge in [-0.1, -0.05) is 24.8 Å². The van der Waals surface area contributed by atoms with Crippen molar-refractivity contribution < 1.29 is 19.4 Å². The molecule has 2 aromatic rings. The van der Waals surface area contributed by atoms with E-state index in [1.54, 1.807) is 48.5 Å². The highest BCUT2D eigenvalue weighted by molar-refractivity contribution is 5.94. The second-order valence-electron chi connectivity index (χ2n) is 4.61. The van der Waals surface area contributed by atoms with Gasteiger partial charge >= 0.3 is 0 Å². The third-order valence-electron chi connectivity index (χ3n) is 2.92. The molecule has 118 valence electrons. The number of rotatable bonds is 7. The molecule has 0 atom stereocenters. The predicted octanol–water partition coefficient (Wildman–Crippen LogP) is 0.721. The van der Waals surface area contributed by atoms with Crippen LogP contribution in [0.4, 0.5) is 0 Å². The Morgan fingerprint density at radius 2 is 1.61 bits per heavy atom. The van der Waals surface area contributed by atoms with Gasteiger partial charge in [0.05, 0.1) is 11.7 Å². The van der Waals surface area contributed by atoms with Crippen LogP contribution in [0, 0.1) is 0 Å². The van der Waals surface area contributed by atoms with E-state index in [0.29, 0.717) is 17.0 Å². The molecule has 0 bridgehead atoms. The summed E-state index contributed by atoms with van der Waals surface area (Å²) in [6.45, 7) is 3.32. The third-order valence-corrected chi connectivity index (χ3v) is 2.92. The molecule has 0 aliphatic carbocycles. The number of hydrogen-bond donors (Lipinski definition) is 2. The Kier molecular flexibility index (Phi) is 5.35. The molecule has 0 aliphatic rings. The van der Waals surface area contributed by atoms with Gasteiger partial charge in [-0.05, 0) is 42.0 Å². The lowest BCUT2D eigenvalue weighted by Crippen LogP contribution is -2.35. The van der Waals surface area contributed by atoms with E-state index in [1.807, 2.05) is 6.07 Å². The van der Waals surface area contributed by atoms with Crippen LogP contribution in [-0.4, -0.2) is 18.5 Å². The molecular weight excluding hydrogens is 296 g/mol. The van der Waals surface area contributed by atoms with E-state index in [4.69, 9.17) is 4.74 Å². The van der Waals surface area contributed by atoms with Crippen LogP contribution in [-0.2, 0) is 4.79 Å². The van der Waals surface area contributed by atoms with Gasteiger partial charge in [-0.25, -0.2) is 0 Å². The second kappa shape index (κ2) is 7.65. The molecular formula is C17H15N2O4-. The van der Waals surface area contributed by atoms with Crippen LogP contribution in [0.3, 0.4) is 0 Å². The van der Waals surface area contributed by atoms with E-state index in [0.717, 1.165) is 5.56 Å². The molecule has 2 N–H and O–H groups in total. The fraction of sp³-hybridized carbons (Fsp3) is 0.0588. The van der Waals surface area contributed by atoms with E-state index in [-0.39, 0.29) is 5.91 Å². The van der Waals surface area contributed by atoms with Crippen LogP contribution in [0.1, 0.15) is 15.9 Å². The molecule has 0 radical (unpaired) electrons. The molecule has 2 aromatic carbocycles. The van der Waals surface area contributed by atoms with Crippen LogP contribution >= 0.6 is 0 Å². The maximum absolute atomic E-state index is 11.9. The third kappa shape index (κ3) is 4.89. The quantitative estimate of drug-likeness (QED) is 0.735. The number of carboxylic acids is 1. The van der Waals surface area contributed by atoms with Crippen LogP contribution in [0.5, 0.6) is 5.75 Å². The zero-order valence-corrected chi connectivity index (χ0v) is 12.2. The zero-order chi connectivity index (χ0) is 16.7. The largest absolute Gasteiger partial charge is 0.546 e. The molecule has 0 heterocycles. The fourth-order valence-electron chi connectivity index (χ4n) is 1.76. The maximum Gasteiger partial charge on any atom is 0.269 e. The Hall–Kier alpha value is -3.28. The van der Waals surface area contributed by atoms with Crippen molar-refractivity contribution in [2.24, 2.45) is 0 Å². The first-order chi connectivity index (χ1) is 11.1. The Bertz CT molecular complexity index is 696. The number of carboxylic acid groups (broad SMARTS) is 1. The molecule has 1 amide bonds. The number of ether oxygens (including phenoxy) is 1. The summed E-state index contributed by atoms with van der Waals surface area (Å²) in [6, 6.07) is 15.3. The number of amides is 1. The minimum Gasteiger partial charge on any atom is -0.546 e. The number of carbonyl (C=O) groups is 2. The van der Waals surface area contributed by atoms with E-state index in [2.05, 4.69) is 17.4 Å². The van der Waals surface area contributed by atoms with Gasteiger partial charge in [-0.15, -0.1) is 0 Å². The predicted molar refractivity (Wildman–Crippen MR) is 83.0 cm³/mol. The molecule has 0 saturated heterocycles. The number of benzene rings is 2. The van der Waals surface area contributed by atoms with Crippen molar-refractivity contribution in [3.05, 3.63) is 72.3 Å². The van der Waals surface area contributed by atoms with Crippen molar-refractivity contribution in [3.63, 3.8) is 0 Å². The standard InChI is InChI=1S/C17H16N2O4/c1-12(18-19-17(22)14-5-3-2-4-6-14)13-7-9-15(10-8-13)23-11-16(20)21/h2-10,18H,1,11H2,(H,19,22)(H,20,21)/p-1. The minimum atomic E-state index is -1.29. The Balaban J connectivity index is 1.88. The van der Waals surface area contributed by atoms with Gasteiger partial charge in [0.1, 0.15) is 12.4 Å². The van der Waals surface area contributed by atoms with E-state index in [9.17, 15) is 14.7 Å². The smallest absolute Gasteiger partial charge is 0.269 e. The molecule has 23 heavy (non-hydrogen) atoms. The summed E-state index contributed by atoms with van der Waals surface area (Å²) < 4.78 is 4.98. The van der Waals surface area contributed by atoms with Crippen molar-refractivity contribution in [2.75, 3.05) is 6.61 Å². The minimum absolute atomic E-state index is 0.277. The van der Waals surface area contributed by atoms with Crippen LogP contribution in [0.25, 0.3) is 5.70 Å². The van der Waals surface area contributed by atoms with Crippen molar-refractivity contribution in [1.29, 1.82) is 0 Å². The topological polar surface area (TPSA) is 90.5 Å². The van der Waals surface area contributed by atoms with Crippen LogP contribution in [0.2, 0.25) is 0 Å². The monoisotopic (exact) mass is 311 g/mol. The lowest BCUT2D eigenvalue weighted by molar-refractivity contribution is -0.307. The average Bonchev–Trinajstić information content (AvgIpc) is 2.58. The molecule has 0 spiro atoms. The molecule has 6 heteroatoms. The van der Waals surface area contributed by atoms with Gasteiger partial charge in [0.25, 0.3) is 5.91 Å². The van der Waals surface area contributed by atoms with Gasteiger partial charge in [0.15, 0.2) is 0 Å². The van der Waals surface area contributed by atoms with Crippen LogP contribution < -0.4 is 20.7 Å². The fourth-order valence-corrected chi connectivity index (χ4v) is 1.76. The Morgan fingerprint density at radius 3 is 2.22 bits per heavy atom. The number of carbonyl (C=O) groups excluding carboxylic acids is 2. The summed E-state index contributed by atoms with van der Waals surface area (Å²) in [5, 5.41) is 10.3. The van der Waals surface area contributed by atoms with Gasteiger partial charge in [-0.2, -0.15) is 0 Å². The zero-order valence-electron chi connectivity index (χ0n) is 12.2. The lowest BCUT2D eigenvalue weighted by atomic mass is 10.2. The van der Waals surface area contributed by atoms with E-state index in [1.165, 1.54) is 0 Å². The molecule has 6 nitrogen and oxygen atoms in total. The lowest BCUT2D eigenvalue weighted by Gasteiger charge is -2.12. The number of aliphatic carboxylic acids is 1. The maximum atomic E-state index is 11.9. The van der Waals surface area contributed by atoms with Crippen molar-refractivity contribution in [1.82, 2.24) is 10.9 Å². The van der Waals surface area contributed by atoms with Crippen molar-refractivity contribution >= 4 is 17.6 Å². The number of hydrogen-bond acceptors (Lipinski definition) is 5. The molecule has 0 unspecified atom stereocenters. The summed E-state index contributed by atoms with van der Waals surface area (Å²) >= 11 is 0. The number of hydrazine groups is 1. The summed E-state index contributed by atoms with van der Waals surface area (Å²) in [7, 11) is 0. The summed E-state index contributed by atoms with van der Waals surface area (Å²) in [5.74, 6) is -1.16. The first kappa shape index (κ1) is 16.1. The van der Waals surface area contributed by atoms with Gasteiger partial charge < -0.3 is 14.6 Å². The second-order valence-corrected chi connectivity index (χ2v) is 4.61. The summed E-state index contributed by atoms with van der Waals surface area (Å²) in [4.78, 5) is 22.2. The van der Waals surface area contributed by atoms with Crippen molar-refractivity contribution in [2.45, 2.75) is 0 Å². The highest BCUT2D eigenvalue weighted by Gasteiger charge is 2.05. The molecule has 0 fully saturated rings. The van der Waals surface area contributed by atoms with Gasteiger partial charge in [-0.3, -0.25) is 15.6 Å².